The van der Waals surface area contributed by atoms with E-state index in [0.717, 1.165) is 23.7 Å². The Kier molecular flexibility index (Phi) is 2.60. The quantitative estimate of drug-likeness (QED) is 0.853. The number of carbonyl (C=O) groups excluding carboxylic acids is 1. The molecule has 0 aliphatic carbocycles. The molecule has 0 amide bonds. The minimum absolute atomic E-state index is 0.0555. The summed E-state index contributed by atoms with van der Waals surface area (Å²) < 4.78 is 5.77. The molecule has 104 valence electrons. The summed E-state index contributed by atoms with van der Waals surface area (Å²) in [6, 6.07) is 8.83. The summed E-state index contributed by atoms with van der Waals surface area (Å²) in [6.45, 7) is 0. The van der Waals surface area contributed by atoms with Crippen LogP contribution in [0.25, 0.3) is 10.9 Å². The normalized spacial score (nSPS) is 29.1. The molecule has 2 aliphatic heterocycles. The summed E-state index contributed by atoms with van der Waals surface area (Å²) in [6.07, 6.45) is 5.18. The standard InChI is InChI=1S/C16H18N2O2/c1-18-10-6-7-14(18)15(8-10)20-16(19)12-9-17-13-5-3-2-4-11(12)13/h2-5,9-10,14-15,17H,6-8H2,1H3/t10-,14+,15+/m0/s1. The predicted octanol–water partition coefficient (Wildman–Crippen LogP) is 2.56. The Bertz CT molecular complexity index is 663. The van der Waals surface area contributed by atoms with Gasteiger partial charge < -0.3 is 9.72 Å². The lowest BCUT2D eigenvalue weighted by Crippen LogP contribution is -2.32. The molecule has 1 aromatic heterocycles. The van der Waals surface area contributed by atoms with E-state index in [1.807, 2.05) is 24.3 Å². The molecule has 4 heteroatoms. The van der Waals surface area contributed by atoms with Crippen LogP contribution in [0, 0.1) is 0 Å². The monoisotopic (exact) mass is 270 g/mol. The Morgan fingerprint density at radius 1 is 1.35 bits per heavy atom. The van der Waals surface area contributed by atoms with Crippen molar-refractivity contribution < 1.29 is 9.53 Å². The Balaban J connectivity index is 1.56. The zero-order valence-electron chi connectivity index (χ0n) is 11.5. The lowest BCUT2D eigenvalue weighted by molar-refractivity contribution is 0.0214. The zero-order valence-corrected chi connectivity index (χ0v) is 11.5. The number of aromatic amines is 1. The zero-order chi connectivity index (χ0) is 13.7. The predicted molar refractivity (Wildman–Crippen MR) is 76.7 cm³/mol. The van der Waals surface area contributed by atoms with Crippen LogP contribution in [0.15, 0.2) is 30.5 Å². The van der Waals surface area contributed by atoms with Crippen LogP contribution < -0.4 is 0 Å². The van der Waals surface area contributed by atoms with Crippen molar-refractivity contribution in [3.05, 3.63) is 36.0 Å². The fourth-order valence-electron chi connectivity index (χ4n) is 3.77. The van der Waals surface area contributed by atoms with Gasteiger partial charge in [0, 0.05) is 35.6 Å². The number of hydrogen-bond donors (Lipinski definition) is 1. The van der Waals surface area contributed by atoms with Gasteiger partial charge in [-0.1, -0.05) is 18.2 Å². The molecular weight excluding hydrogens is 252 g/mol. The van der Waals surface area contributed by atoms with E-state index in [0.29, 0.717) is 17.6 Å². The van der Waals surface area contributed by atoms with E-state index < -0.39 is 0 Å². The van der Waals surface area contributed by atoms with Gasteiger partial charge in [0.15, 0.2) is 0 Å². The van der Waals surface area contributed by atoms with Crippen LogP contribution in [0.5, 0.6) is 0 Å². The molecule has 3 heterocycles. The van der Waals surface area contributed by atoms with Crippen molar-refractivity contribution in [1.82, 2.24) is 9.88 Å². The average Bonchev–Trinajstić information content (AvgIpc) is 3.11. The molecule has 20 heavy (non-hydrogen) atoms. The number of likely N-dealkylation sites (N-methyl/N-ethyl adjacent to an activating group) is 1. The number of ether oxygens (including phenoxy) is 1. The minimum Gasteiger partial charge on any atom is -0.457 e. The molecule has 0 saturated carbocycles. The van der Waals surface area contributed by atoms with Gasteiger partial charge in [0.1, 0.15) is 6.10 Å². The van der Waals surface area contributed by atoms with Crippen LogP contribution >= 0.6 is 0 Å². The SMILES string of the molecule is CN1[C@H]2CC[C@@H]1[C@H](OC(=O)c1c[nH]c3ccccc13)C2. The van der Waals surface area contributed by atoms with Crippen LogP contribution in [0.2, 0.25) is 0 Å². The van der Waals surface area contributed by atoms with Gasteiger partial charge in [-0.3, -0.25) is 4.90 Å². The number of rotatable bonds is 2. The third-order valence-electron chi connectivity index (χ3n) is 4.90. The van der Waals surface area contributed by atoms with E-state index in [-0.39, 0.29) is 12.1 Å². The molecule has 4 nitrogen and oxygen atoms in total. The number of nitrogens with zero attached hydrogens (tertiary/aromatic N) is 1. The molecule has 2 fully saturated rings. The Morgan fingerprint density at radius 3 is 2.95 bits per heavy atom. The van der Waals surface area contributed by atoms with Gasteiger partial charge in [-0.2, -0.15) is 0 Å². The van der Waals surface area contributed by atoms with Gasteiger partial charge >= 0.3 is 5.97 Å². The molecule has 3 atom stereocenters. The lowest BCUT2D eigenvalue weighted by atomic mass is 9.98. The van der Waals surface area contributed by atoms with Crippen LogP contribution in [-0.2, 0) is 4.74 Å². The summed E-state index contributed by atoms with van der Waals surface area (Å²) in [4.78, 5) is 17.9. The van der Waals surface area contributed by atoms with E-state index in [2.05, 4.69) is 16.9 Å². The van der Waals surface area contributed by atoms with Gasteiger partial charge in [-0.05, 0) is 26.0 Å². The maximum Gasteiger partial charge on any atom is 0.340 e. The van der Waals surface area contributed by atoms with Crippen molar-refractivity contribution in [2.24, 2.45) is 0 Å². The summed E-state index contributed by atoms with van der Waals surface area (Å²) in [5, 5.41) is 0.939. The number of benzene rings is 1. The summed E-state index contributed by atoms with van der Waals surface area (Å²) in [5.74, 6) is -0.201. The molecule has 2 saturated heterocycles. The molecule has 1 aromatic carbocycles. The molecule has 0 radical (unpaired) electrons. The third kappa shape index (κ3) is 1.68. The van der Waals surface area contributed by atoms with E-state index >= 15 is 0 Å². The Labute approximate surface area is 117 Å². The number of hydrogen-bond acceptors (Lipinski definition) is 3. The topological polar surface area (TPSA) is 45.3 Å². The van der Waals surface area contributed by atoms with E-state index in [1.54, 1.807) is 6.20 Å². The summed E-state index contributed by atoms with van der Waals surface area (Å²) >= 11 is 0. The first kappa shape index (κ1) is 12.0. The largest absolute Gasteiger partial charge is 0.457 e. The molecule has 4 rings (SSSR count). The van der Waals surface area contributed by atoms with Crippen molar-refractivity contribution >= 4 is 16.9 Å². The summed E-state index contributed by atoms with van der Waals surface area (Å²) in [5.41, 5.74) is 1.62. The molecule has 2 bridgehead atoms. The smallest absolute Gasteiger partial charge is 0.340 e. The molecule has 0 unspecified atom stereocenters. The highest BCUT2D eigenvalue weighted by Crippen LogP contribution is 2.38. The van der Waals surface area contributed by atoms with Crippen LogP contribution in [0.4, 0.5) is 0 Å². The van der Waals surface area contributed by atoms with E-state index in [9.17, 15) is 4.79 Å². The molecule has 2 aliphatic rings. The highest BCUT2D eigenvalue weighted by atomic mass is 16.5. The minimum atomic E-state index is -0.201. The molecule has 1 N–H and O–H groups in total. The third-order valence-corrected chi connectivity index (χ3v) is 4.90. The first-order valence-electron chi connectivity index (χ1n) is 7.23. The number of nitrogens with one attached hydrogen (secondary N) is 1. The highest BCUT2D eigenvalue weighted by molar-refractivity contribution is 6.04. The van der Waals surface area contributed by atoms with Crippen molar-refractivity contribution in [2.75, 3.05) is 7.05 Å². The number of H-pyrrole nitrogens is 1. The maximum atomic E-state index is 12.4. The Hall–Kier alpha value is -1.81. The van der Waals surface area contributed by atoms with Crippen molar-refractivity contribution in [3.63, 3.8) is 0 Å². The van der Waals surface area contributed by atoms with E-state index in [4.69, 9.17) is 4.74 Å². The highest BCUT2D eigenvalue weighted by Gasteiger charge is 2.46. The Morgan fingerprint density at radius 2 is 2.20 bits per heavy atom. The number of aromatic nitrogens is 1. The van der Waals surface area contributed by atoms with Crippen molar-refractivity contribution in [3.8, 4) is 0 Å². The van der Waals surface area contributed by atoms with Crippen LogP contribution in [0.3, 0.4) is 0 Å². The van der Waals surface area contributed by atoms with Gasteiger partial charge in [0.25, 0.3) is 0 Å². The number of para-hydroxylation sites is 1. The molecular formula is C16H18N2O2. The van der Waals surface area contributed by atoms with Crippen LogP contribution in [-0.4, -0.2) is 41.1 Å². The van der Waals surface area contributed by atoms with Crippen LogP contribution in [0.1, 0.15) is 29.6 Å². The number of fused-ring (bicyclic) bond motifs is 3. The van der Waals surface area contributed by atoms with Gasteiger partial charge in [0.05, 0.1) is 5.56 Å². The van der Waals surface area contributed by atoms with Crippen molar-refractivity contribution in [1.29, 1.82) is 0 Å². The fraction of sp³-hybridized carbons (Fsp3) is 0.438. The van der Waals surface area contributed by atoms with Crippen molar-refractivity contribution in [2.45, 2.75) is 37.5 Å². The van der Waals surface area contributed by atoms with E-state index in [1.165, 1.54) is 6.42 Å². The molecule has 0 spiro atoms. The first-order valence-corrected chi connectivity index (χ1v) is 7.23. The van der Waals surface area contributed by atoms with Gasteiger partial charge in [0.2, 0.25) is 0 Å². The second-order valence-electron chi connectivity index (χ2n) is 5.89. The number of carbonyl (C=O) groups is 1. The second-order valence-corrected chi connectivity index (χ2v) is 5.89. The maximum absolute atomic E-state index is 12.4. The lowest BCUT2D eigenvalue weighted by Gasteiger charge is -2.21. The van der Waals surface area contributed by atoms with Gasteiger partial charge in [-0.25, -0.2) is 4.79 Å². The summed E-state index contributed by atoms with van der Waals surface area (Å²) in [7, 11) is 2.14. The average molecular weight is 270 g/mol. The molecule has 2 aromatic rings. The second kappa shape index (κ2) is 4.35. The fourth-order valence-corrected chi connectivity index (χ4v) is 3.77. The number of esters is 1. The first-order chi connectivity index (χ1) is 9.74. The van der Waals surface area contributed by atoms with Gasteiger partial charge in [-0.15, -0.1) is 0 Å².